The van der Waals surface area contributed by atoms with Gasteiger partial charge in [-0.25, -0.2) is 4.79 Å². The number of amides is 1. The van der Waals surface area contributed by atoms with Gasteiger partial charge in [0.25, 0.3) is 0 Å². The molecule has 1 aromatic rings. The standard InChI is InChI=1S/C17H26N2O2/c1-4-21-17(20)18-16-10-15(11-19(12-16)13(2)3)14-8-6-5-7-9-14/h5-9,13,15-16H,4,10-12H2,1-3H3,(H,18,20). The van der Waals surface area contributed by atoms with Crippen molar-refractivity contribution in [1.29, 1.82) is 0 Å². The minimum atomic E-state index is -0.306. The second kappa shape index (κ2) is 7.46. The molecule has 4 heteroatoms. The van der Waals surface area contributed by atoms with Crippen molar-refractivity contribution < 1.29 is 9.53 Å². The van der Waals surface area contributed by atoms with E-state index in [2.05, 4.69) is 48.3 Å². The molecule has 2 unspecified atom stereocenters. The maximum absolute atomic E-state index is 11.7. The van der Waals surface area contributed by atoms with Crippen LogP contribution in [0.15, 0.2) is 30.3 Å². The zero-order valence-electron chi connectivity index (χ0n) is 13.2. The Balaban J connectivity index is 2.06. The summed E-state index contributed by atoms with van der Waals surface area (Å²) in [6.45, 7) is 8.58. The average Bonchev–Trinajstić information content (AvgIpc) is 2.48. The van der Waals surface area contributed by atoms with Crippen molar-refractivity contribution in [2.24, 2.45) is 0 Å². The maximum atomic E-state index is 11.7. The van der Waals surface area contributed by atoms with Crippen molar-refractivity contribution in [3.8, 4) is 0 Å². The van der Waals surface area contributed by atoms with Crippen LogP contribution in [0.4, 0.5) is 4.79 Å². The van der Waals surface area contributed by atoms with Gasteiger partial charge in [-0.15, -0.1) is 0 Å². The normalized spacial score (nSPS) is 23.0. The predicted octanol–water partition coefficient (Wildman–Crippen LogP) is 3.00. The molecular weight excluding hydrogens is 264 g/mol. The fraction of sp³-hybridized carbons (Fsp3) is 0.588. The van der Waals surface area contributed by atoms with Crippen LogP contribution in [-0.4, -0.2) is 42.8 Å². The largest absolute Gasteiger partial charge is 0.450 e. The molecule has 1 heterocycles. The maximum Gasteiger partial charge on any atom is 0.407 e. The highest BCUT2D eigenvalue weighted by Crippen LogP contribution is 2.28. The lowest BCUT2D eigenvalue weighted by atomic mass is 9.87. The van der Waals surface area contributed by atoms with Crippen LogP contribution in [0.25, 0.3) is 0 Å². The molecule has 0 spiro atoms. The lowest BCUT2D eigenvalue weighted by Gasteiger charge is -2.40. The Morgan fingerprint density at radius 1 is 1.33 bits per heavy atom. The Kier molecular flexibility index (Phi) is 5.62. The van der Waals surface area contributed by atoms with Crippen LogP contribution in [0.1, 0.15) is 38.7 Å². The van der Waals surface area contributed by atoms with Crippen LogP contribution in [0.5, 0.6) is 0 Å². The van der Waals surface area contributed by atoms with E-state index in [1.165, 1.54) is 5.56 Å². The first-order valence-corrected chi connectivity index (χ1v) is 7.82. The van der Waals surface area contributed by atoms with E-state index >= 15 is 0 Å². The van der Waals surface area contributed by atoms with E-state index in [4.69, 9.17) is 4.74 Å². The summed E-state index contributed by atoms with van der Waals surface area (Å²) in [6.07, 6.45) is 0.659. The molecule has 1 aromatic carbocycles. The predicted molar refractivity (Wildman–Crippen MR) is 84.5 cm³/mol. The zero-order valence-corrected chi connectivity index (χ0v) is 13.2. The summed E-state index contributed by atoms with van der Waals surface area (Å²) < 4.78 is 5.01. The summed E-state index contributed by atoms with van der Waals surface area (Å²) in [4.78, 5) is 14.1. The van der Waals surface area contributed by atoms with Crippen LogP contribution in [-0.2, 0) is 4.74 Å². The Morgan fingerprint density at radius 3 is 2.67 bits per heavy atom. The number of hydrogen-bond donors (Lipinski definition) is 1. The first kappa shape index (κ1) is 15.8. The molecule has 1 aliphatic rings. The van der Waals surface area contributed by atoms with Gasteiger partial charge in [-0.2, -0.15) is 0 Å². The summed E-state index contributed by atoms with van der Waals surface area (Å²) in [7, 11) is 0. The van der Waals surface area contributed by atoms with E-state index < -0.39 is 0 Å². The van der Waals surface area contributed by atoms with Crippen LogP contribution >= 0.6 is 0 Å². The van der Waals surface area contributed by atoms with E-state index in [1.807, 2.05) is 13.0 Å². The number of nitrogens with one attached hydrogen (secondary N) is 1. The molecule has 21 heavy (non-hydrogen) atoms. The van der Waals surface area contributed by atoms with Crippen molar-refractivity contribution >= 4 is 6.09 Å². The van der Waals surface area contributed by atoms with Gasteiger partial charge in [0.05, 0.1) is 6.61 Å². The lowest BCUT2D eigenvalue weighted by molar-refractivity contribution is 0.116. The SMILES string of the molecule is CCOC(=O)NC1CC(c2ccccc2)CN(C(C)C)C1. The number of benzene rings is 1. The first-order chi connectivity index (χ1) is 10.1. The van der Waals surface area contributed by atoms with Crippen molar-refractivity contribution in [2.75, 3.05) is 19.7 Å². The third kappa shape index (κ3) is 4.46. The monoisotopic (exact) mass is 290 g/mol. The highest BCUT2D eigenvalue weighted by atomic mass is 16.5. The highest BCUT2D eigenvalue weighted by molar-refractivity contribution is 5.67. The molecule has 1 fully saturated rings. The van der Waals surface area contributed by atoms with Gasteiger partial charge in [-0.1, -0.05) is 30.3 Å². The summed E-state index contributed by atoms with van der Waals surface area (Å²) in [5.41, 5.74) is 1.35. The number of ether oxygens (including phenoxy) is 1. The fourth-order valence-corrected chi connectivity index (χ4v) is 2.97. The van der Waals surface area contributed by atoms with Crippen LogP contribution in [0.3, 0.4) is 0 Å². The molecule has 4 nitrogen and oxygen atoms in total. The van der Waals surface area contributed by atoms with Crippen LogP contribution in [0.2, 0.25) is 0 Å². The quantitative estimate of drug-likeness (QED) is 0.927. The van der Waals surface area contributed by atoms with E-state index in [0.29, 0.717) is 18.6 Å². The second-order valence-corrected chi connectivity index (χ2v) is 5.95. The Morgan fingerprint density at radius 2 is 2.05 bits per heavy atom. The lowest BCUT2D eigenvalue weighted by Crippen LogP contribution is -2.52. The minimum absolute atomic E-state index is 0.144. The average molecular weight is 290 g/mol. The van der Waals surface area contributed by atoms with Crippen molar-refractivity contribution in [3.63, 3.8) is 0 Å². The Hall–Kier alpha value is -1.55. The van der Waals surface area contributed by atoms with E-state index in [9.17, 15) is 4.79 Å². The van der Waals surface area contributed by atoms with Gasteiger partial charge in [0.2, 0.25) is 0 Å². The van der Waals surface area contributed by atoms with Crippen molar-refractivity contribution in [2.45, 2.75) is 45.2 Å². The van der Waals surface area contributed by atoms with Crippen LogP contribution < -0.4 is 5.32 Å². The summed E-state index contributed by atoms with van der Waals surface area (Å²) in [5.74, 6) is 0.453. The number of piperidine rings is 1. The molecule has 1 N–H and O–H groups in total. The molecule has 0 radical (unpaired) electrons. The van der Waals surface area contributed by atoms with Crippen molar-refractivity contribution in [3.05, 3.63) is 35.9 Å². The molecule has 0 bridgehead atoms. The minimum Gasteiger partial charge on any atom is -0.450 e. The van der Waals surface area contributed by atoms with Gasteiger partial charge < -0.3 is 10.1 Å². The number of rotatable bonds is 4. The molecule has 0 aliphatic carbocycles. The Bertz CT molecular complexity index is 447. The highest BCUT2D eigenvalue weighted by Gasteiger charge is 2.30. The van der Waals surface area contributed by atoms with Gasteiger partial charge >= 0.3 is 6.09 Å². The molecule has 1 amide bonds. The van der Waals surface area contributed by atoms with E-state index in [1.54, 1.807) is 0 Å². The molecular formula is C17H26N2O2. The number of likely N-dealkylation sites (tertiary alicyclic amines) is 1. The smallest absolute Gasteiger partial charge is 0.407 e. The summed E-state index contributed by atoms with van der Waals surface area (Å²) in [6, 6.07) is 11.2. The molecule has 2 atom stereocenters. The number of hydrogen-bond acceptors (Lipinski definition) is 3. The van der Waals surface area contributed by atoms with Gasteiger partial charge in [0.15, 0.2) is 0 Å². The second-order valence-electron chi connectivity index (χ2n) is 5.95. The zero-order chi connectivity index (χ0) is 15.2. The molecule has 2 rings (SSSR count). The molecule has 0 aromatic heterocycles. The third-order valence-corrected chi connectivity index (χ3v) is 4.08. The van der Waals surface area contributed by atoms with Gasteiger partial charge in [0.1, 0.15) is 0 Å². The first-order valence-electron chi connectivity index (χ1n) is 7.82. The summed E-state index contributed by atoms with van der Waals surface area (Å²) >= 11 is 0. The number of alkyl carbamates (subject to hydrolysis) is 1. The van der Waals surface area contributed by atoms with Gasteiger partial charge in [0, 0.05) is 25.2 Å². The number of carbonyl (C=O) groups excluding carboxylic acids is 1. The van der Waals surface area contributed by atoms with Gasteiger partial charge in [-0.05, 0) is 38.7 Å². The molecule has 0 saturated carbocycles. The molecule has 116 valence electrons. The summed E-state index contributed by atoms with van der Waals surface area (Å²) in [5, 5.41) is 3.00. The molecule has 1 aliphatic heterocycles. The van der Waals surface area contributed by atoms with Gasteiger partial charge in [-0.3, -0.25) is 4.90 Å². The number of carbonyl (C=O) groups is 1. The fourth-order valence-electron chi connectivity index (χ4n) is 2.97. The van der Waals surface area contributed by atoms with Crippen LogP contribution in [0, 0.1) is 0 Å². The Labute approximate surface area is 127 Å². The van der Waals surface area contributed by atoms with Crippen molar-refractivity contribution in [1.82, 2.24) is 10.2 Å². The molecule has 1 saturated heterocycles. The third-order valence-electron chi connectivity index (χ3n) is 4.08. The van der Waals surface area contributed by atoms with E-state index in [0.717, 1.165) is 19.5 Å². The number of nitrogens with zero attached hydrogens (tertiary/aromatic N) is 1. The van der Waals surface area contributed by atoms with E-state index in [-0.39, 0.29) is 12.1 Å². The topological polar surface area (TPSA) is 41.6 Å².